The van der Waals surface area contributed by atoms with Crippen molar-refractivity contribution in [1.82, 2.24) is 0 Å². The molecular formula is C16H28OS. The van der Waals surface area contributed by atoms with E-state index in [1.54, 1.807) is 0 Å². The zero-order valence-electron chi connectivity index (χ0n) is 11.8. The number of hydrogen-bond acceptors (Lipinski definition) is 1. The third-order valence-corrected chi connectivity index (χ3v) is 3.22. The Hall–Kier alpha value is -0.420. The van der Waals surface area contributed by atoms with Gasteiger partial charge in [-0.2, -0.15) is 0 Å². The Balaban J connectivity index is 3.01. The molecule has 0 spiro atoms. The standard InChI is InChI=1S/C16H28OS/c1-2-3-4-5-6-7-8-9-10-11-12-13-14-15-16(17)18/h2,5-15H2,1H3,(H,17,18). The van der Waals surface area contributed by atoms with E-state index in [0.717, 1.165) is 19.3 Å². The van der Waals surface area contributed by atoms with Crippen LogP contribution in [0.5, 0.6) is 0 Å². The Morgan fingerprint density at radius 2 is 1.33 bits per heavy atom. The van der Waals surface area contributed by atoms with Crippen molar-refractivity contribution < 1.29 is 4.79 Å². The van der Waals surface area contributed by atoms with Gasteiger partial charge < -0.3 is 0 Å². The lowest BCUT2D eigenvalue weighted by molar-refractivity contribution is -0.110. The molecule has 104 valence electrons. The van der Waals surface area contributed by atoms with Gasteiger partial charge in [0, 0.05) is 19.3 Å². The maximum absolute atomic E-state index is 10.6. The number of rotatable bonds is 11. The second-order valence-electron chi connectivity index (χ2n) is 4.78. The van der Waals surface area contributed by atoms with Gasteiger partial charge in [-0.05, 0) is 12.8 Å². The van der Waals surface area contributed by atoms with Crippen LogP contribution in [0.15, 0.2) is 0 Å². The van der Waals surface area contributed by atoms with Gasteiger partial charge in [0.1, 0.15) is 0 Å². The van der Waals surface area contributed by atoms with Gasteiger partial charge in [0.15, 0.2) is 5.12 Å². The van der Waals surface area contributed by atoms with Crippen LogP contribution in [0.25, 0.3) is 0 Å². The number of hydrogen-bond donors (Lipinski definition) is 1. The van der Waals surface area contributed by atoms with Gasteiger partial charge in [-0.25, -0.2) is 0 Å². The van der Waals surface area contributed by atoms with Crippen LogP contribution in [0, 0.1) is 11.8 Å². The third-order valence-electron chi connectivity index (χ3n) is 2.99. The van der Waals surface area contributed by atoms with Crippen LogP contribution in [0.3, 0.4) is 0 Å². The molecule has 0 aliphatic rings. The first kappa shape index (κ1) is 17.6. The predicted molar refractivity (Wildman–Crippen MR) is 82.8 cm³/mol. The molecule has 0 unspecified atom stereocenters. The first-order valence-corrected chi connectivity index (χ1v) is 7.89. The molecule has 0 N–H and O–H groups in total. The van der Waals surface area contributed by atoms with E-state index in [1.165, 1.54) is 51.4 Å². The summed E-state index contributed by atoms with van der Waals surface area (Å²) in [4.78, 5) is 10.6. The maximum Gasteiger partial charge on any atom is 0.185 e. The number of carbonyl (C=O) groups is 1. The van der Waals surface area contributed by atoms with Crippen molar-refractivity contribution in [3.63, 3.8) is 0 Å². The lowest BCUT2D eigenvalue weighted by Gasteiger charge is -2.01. The summed E-state index contributed by atoms with van der Waals surface area (Å²) < 4.78 is 0. The fourth-order valence-electron chi connectivity index (χ4n) is 1.94. The molecule has 0 bridgehead atoms. The Labute approximate surface area is 119 Å². The largest absolute Gasteiger partial charge is 0.288 e. The van der Waals surface area contributed by atoms with E-state index in [4.69, 9.17) is 0 Å². The molecule has 0 amide bonds. The Morgan fingerprint density at radius 1 is 0.833 bits per heavy atom. The van der Waals surface area contributed by atoms with Gasteiger partial charge in [-0.1, -0.05) is 51.9 Å². The molecule has 0 saturated heterocycles. The minimum atomic E-state index is 0.0289. The van der Waals surface area contributed by atoms with Crippen molar-refractivity contribution in [3.05, 3.63) is 0 Å². The summed E-state index contributed by atoms with van der Waals surface area (Å²) in [7, 11) is 0. The summed E-state index contributed by atoms with van der Waals surface area (Å²) in [6.45, 7) is 2.10. The van der Waals surface area contributed by atoms with Crippen molar-refractivity contribution in [3.8, 4) is 11.8 Å². The van der Waals surface area contributed by atoms with Crippen LogP contribution in [0.2, 0.25) is 0 Å². The smallest absolute Gasteiger partial charge is 0.185 e. The Bertz CT molecular complexity index is 250. The highest BCUT2D eigenvalue weighted by molar-refractivity contribution is 7.96. The van der Waals surface area contributed by atoms with E-state index >= 15 is 0 Å². The number of carbonyl (C=O) groups excluding carboxylic acids is 1. The van der Waals surface area contributed by atoms with Crippen LogP contribution in [0.4, 0.5) is 0 Å². The second-order valence-corrected chi connectivity index (χ2v) is 5.28. The lowest BCUT2D eigenvalue weighted by Crippen LogP contribution is -1.86. The third kappa shape index (κ3) is 15.6. The van der Waals surface area contributed by atoms with Gasteiger partial charge >= 0.3 is 0 Å². The molecule has 0 saturated carbocycles. The topological polar surface area (TPSA) is 17.1 Å². The number of unbranched alkanes of at least 4 members (excludes halogenated alkanes) is 9. The fraction of sp³-hybridized carbons (Fsp3) is 0.812. The summed E-state index contributed by atoms with van der Waals surface area (Å²) in [5.41, 5.74) is 0. The molecule has 0 radical (unpaired) electrons. The zero-order valence-corrected chi connectivity index (χ0v) is 12.7. The quantitative estimate of drug-likeness (QED) is 0.311. The average Bonchev–Trinajstić information content (AvgIpc) is 2.34. The average molecular weight is 268 g/mol. The zero-order chi connectivity index (χ0) is 13.5. The van der Waals surface area contributed by atoms with Crippen LogP contribution >= 0.6 is 12.6 Å². The van der Waals surface area contributed by atoms with E-state index in [9.17, 15) is 4.79 Å². The van der Waals surface area contributed by atoms with Gasteiger partial charge in [0.2, 0.25) is 0 Å². The SMILES string of the molecule is CCC#CCCCCCCCCCCCC(=O)S. The summed E-state index contributed by atoms with van der Waals surface area (Å²) in [6.07, 6.45) is 14.1. The molecule has 0 aromatic heterocycles. The molecule has 0 aliphatic carbocycles. The van der Waals surface area contributed by atoms with E-state index in [2.05, 4.69) is 31.4 Å². The minimum Gasteiger partial charge on any atom is -0.288 e. The Kier molecular flexibility index (Phi) is 14.3. The van der Waals surface area contributed by atoms with Crippen LogP contribution in [-0.2, 0) is 4.79 Å². The molecule has 0 atom stereocenters. The minimum absolute atomic E-state index is 0.0289. The molecule has 0 rings (SSSR count). The molecule has 18 heavy (non-hydrogen) atoms. The summed E-state index contributed by atoms with van der Waals surface area (Å²) in [5, 5.41) is 0.0289. The molecular weight excluding hydrogens is 240 g/mol. The van der Waals surface area contributed by atoms with Crippen LogP contribution in [0.1, 0.15) is 84.0 Å². The second kappa shape index (κ2) is 14.6. The van der Waals surface area contributed by atoms with Crippen LogP contribution in [-0.4, -0.2) is 5.12 Å². The van der Waals surface area contributed by atoms with Crippen molar-refractivity contribution in [2.75, 3.05) is 0 Å². The first-order valence-electron chi connectivity index (χ1n) is 7.45. The molecule has 0 heterocycles. The van der Waals surface area contributed by atoms with Gasteiger partial charge in [0.25, 0.3) is 0 Å². The maximum atomic E-state index is 10.6. The molecule has 0 aliphatic heterocycles. The first-order chi connectivity index (χ1) is 8.77. The summed E-state index contributed by atoms with van der Waals surface area (Å²) in [6, 6.07) is 0. The lowest BCUT2D eigenvalue weighted by atomic mass is 10.1. The van der Waals surface area contributed by atoms with Crippen LogP contribution < -0.4 is 0 Å². The molecule has 0 aromatic carbocycles. The molecule has 1 nitrogen and oxygen atoms in total. The highest BCUT2D eigenvalue weighted by Crippen LogP contribution is 2.11. The summed E-state index contributed by atoms with van der Waals surface area (Å²) >= 11 is 3.76. The van der Waals surface area contributed by atoms with E-state index in [1.807, 2.05) is 0 Å². The van der Waals surface area contributed by atoms with Crippen molar-refractivity contribution in [2.45, 2.75) is 84.0 Å². The molecule has 0 fully saturated rings. The summed E-state index contributed by atoms with van der Waals surface area (Å²) in [5.74, 6) is 6.29. The molecule has 2 heteroatoms. The van der Waals surface area contributed by atoms with E-state index in [0.29, 0.717) is 6.42 Å². The van der Waals surface area contributed by atoms with Gasteiger partial charge in [-0.3, -0.25) is 4.79 Å². The fourth-order valence-corrected chi connectivity index (χ4v) is 2.10. The van der Waals surface area contributed by atoms with Crippen molar-refractivity contribution in [2.24, 2.45) is 0 Å². The predicted octanol–water partition coefficient (Wildman–Crippen LogP) is 5.15. The van der Waals surface area contributed by atoms with Crippen molar-refractivity contribution >= 4 is 17.7 Å². The highest BCUT2D eigenvalue weighted by atomic mass is 32.1. The van der Waals surface area contributed by atoms with E-state index in [-0.39, 0.29) is 5.12 Å². The molecule has 0 aromatic rings. The van der Waals surface area contributed by atoms with Crippen molar-refractivity contribution in [1.29, 1.82) is 0 Å². The monoisotopic (exact) mass is 268 g/mol. The highest BCUT2D eigenvalue weighted by Gasteiger charge is 1.95. The Morgan fingerprint density at radius 3 is 1.83 bits per heavy atom. The normalized spacial score (nSPS) is 9.89. The van der Waals surface area contributed by atoms with E-state index < -0.39 is 0 Å². The van der Waals surface area contributed by atoms with Gasteiger partial charge in [-0.15, -0.1) is 24.5 Å². The van der Waals surface area contributed by atoms with Gasteiger partial charge in [0.05, 0.1) is 0 Å². The number of thiol groups is 1.